The molecule has 1 nitrogen and oxygen atoms in total. The maximum atomic E-state index is 14.2. The average molecular weight is 271 g/mol. The van der Waals surface area contributed by atoms with Gasteiger partial charge in [-0.25, -0.2) is 4.39 Å². The van der Waals surface area contributed by atoms with Gasteiger partial charge in [0.2, 0.25) is 0 Å². The van der Waals surface area contributed by atoms with Crippen LogP contribution in [0.5, 0.6) is 0 Å². The van der Waals surface area contributed by atoms with Crippen molar-refractivity contribution in [1.82, 2.24) is 0 Å². The molecule has 0 aliphatic carbocycles. The van der Waals surface area contributed by atoms with E-state index in [4.69, 9.17) is 16.3 Å². The summed E-state index contributed by atoms with van der Waals surface area (Å²) in [5.74, 6) is 0.249. The monoisotopic (exact) mass is 270 g/mol. The maximum Gasteiger partial charge on any atom is 0.145 e. The van der Waals surface area contributed by atoms with Gasteiger partial charge in [0.15, 0.2) is 0 Å². The van der Waals surface area contributed by atoms with E-state index in [0.717, 1.165) is 37.0 Å². The molecule has 1 saturated heterocycles. The van der Waals surface area contributed by atoms with Gasteiger partial charge < -0.3 is 4.74 Å². The van der Waals surface area contributed by atoms with Crippen LogP contribution in [0.25, 0.3) is 0 Å². The van der Waals surface area contributed by atoms with E-state index in [9.17, 15) is 4.39 Å². The largest absolute Gasteiger partial charge is 0.378 e. The van der Waals surface area contributed by atoms with Crippen LogP contribution in [0.2, 0.25) is 5.02 Å². The van der Waals surface area contributed by atoms with Crippen LogP contribution in [0.4, 0.5) is 4.39 Å². The summed E-state index contributed by atoms with van der Waals surface area (Å²) >= 11 is 5.89. The van der Waals surface area contributed by atoms with Gasteiger partial charge in [0.05, 0.1) is 11.1 Å². The van der Waals surface area contributed by atoms with Gasteiger partial charge in [0, 0.05) is 13.0 Å². The van der Waals surface area contributed by atoms with Gasteiger partial charge in [-0.05, 0) is 42.4 Å². The molecule has 0 saturated carbocycles. The zero-order valence-corrected chi connectivity index (χ0v) is 11.8. The molecule has 0 amide bonds. The molecule has 0 radical (unpaired) electrons. The van der Waals surface area contributed by atoms with E-state index in [2.05, 4.69) is 13.8 Å². The topological polar surface area (TPSA) is 9.23 Å². The van der Waals surface area contributed by atoms with Crippen molar-refractivity contribution in [2.45, 2.75) is 45.6 Å². The highest BCUT2D eigenvalue weighted by Crippen LogP contribution is 2.27. The zero-order chi connectivity index (χ0) is 13.1. The number of benzene rings is 1. The minimum absolute atomic E-state index is 0.156. The summed E-state index contributed by atoms with van der Waals surface area (Å²) in [6, 6.07) is 3.61. The van der Waals surface area contributed by atoms with Gasteiger partial charge >= 0.3 is 0 Å². The van der Waals surface area contributed by atoms with Crippen LogP contribution in [-0.4, -0.2) is 12.7 Å². The lowest BCUT2D eigenvalue weighted by Crippen LogP contribution is -2.13. The van der Waals surface area contributed by atoms with E-state index in [1.54, 1.807) is 6.07 Å². The van der Waals surface area contributed by atoms with Crippen LogP contribution in [0, 0.1) is 11.7 Å². The van der Waals surface area contributed by atoms with E-state index < -0.39 is 0 Å². The van der Waals surface area contributed by atoms with E-state index in [-0.39, 0.29) is 16.9 Å². The van der Waals surface area contributed by atoms with Gasteiger partial charge in [0.1, 0.15) is 5.82 Å². The fourth-order valence-electron chi connectivity index (χ4n) is 2.52. The van der Waals surface area contributed by atoms with Crippen molar-refractivity contribution in [1.29, 1.82) is 0 Å². The van der Waals surface area contributed by atoms with E-state index in [1.807, 2.05) is 6.07 Å². The standard InChI is InChI=1S/C15H20ClFO/c1-10(2)8-11-5-6-14(16)15(17)13(11)9-12-4-3-7-18-12/h5-6,10,12H,3-4,7-9H2,1-2H3. The van der Waals surface area contributed by atoms with Crippen molar-refractivity contribution in [3.63, 3.8) is 0 Å². The maximum absolute atomic E-state index is 14.2. The molecule has 1 unspecified atom stereocenters. The second-order valence-electron chi connectivity index (χ2n) is 5.44. The Hall–Kier alpha value is -0.600. The Morgan fingerprint density at radius 3 is 2.83 bits per heavy atom. The minimum atomic E-state index is -0.259. The summed E-state index contributed by atoms with van der Waals surface area (Å²) in [7, 11) is 0. The molecule has 1 aromatic carbocycles. The fourth-order valence-corrected chi connectivity index (χ4v) is 2.69. The lowest BCUT2D eigenvalue weighted by molar-refractivity contribution is 0.110. The van der Waals surface area contributed by atoms with Crippen LogP contribution in [-0.2, 0) is 17.6 Å². The molecule has 1 fully saturated rings. The van der Waals surface area contributed by atoms with E-state index >= 15 is 0 Å². The normalized spacial score (nSPS) is 19.7. The van der Waals surface area contributed by atoms with Crippen molar-refractivity contribution >= 4 is 11.6 Å². The third-order valence-corrected chi connectivity index (χ3v) is 3.67. The van der Waals surface area contributed by atoms with Gasteiger partial charge in [0.25, 0.3) is 0 Å². The van der Waals surface area contributed by atoms with Crippen LogP contribution in [0.15, 0.2) is 12.1 Å². The van der Waals surface area contributed by atoms with Gasteiger partial charge in [-0.1, -0.05) is 31.5 Å². The molecule has 0 N–H and O–H groups in total. The lowest BCUT2D eigenvalue weighted by atomic mass is 9.93. The van der Waals surface area contributed by atoms with Crippen LogP contribution in [0.1, 0.15) is 37.8 Å². The van der Waals surface area contributed by atoms with Crippen molar-refractivity contribution < 1.29 is 9.13 Å². The second kappa shape index (κ2) is 6.03. The highest BCUT2D eigenvalue weighted by Gasteiger charge is 2.21. The second-order valence-corrected chi connectivity index (χ2v) is 5.84. The van der Waals surface area contributed by atoms with Gasteiger partial charge in [-0.15, -0.1) is 0 Å². The summed E-state index contributed by atoms with van der Waals surface area (Å²) in [4.78, 5) is 0. The molecule has 100 valence electrons. The van der Waals surface area contributed by atoms with Crippen LogP contribution < -0.4 is 0 Å². The molecule has 1 aliphatic heterocycles. The highest BCUT2D eigenvalue weighted by atomic mass is 35.5. The fraction of sp³-hybridized carbons (Fsp3) is 0.600. The average Bonchev–Trinajstić information content (AvgIpc) is 2.81. The Morgan fingerprint density at radius 2 is 2.22 bits per heavy atom. The summed E-state index contributed by atoms with van der Waals surface area (Å²) in [6.45, 7) is 5.08. The van der Waals surface area contributed by atoms with E-state index in [1.165, 1.54) is 0 Å². The molecular weight excluding hydrogens is 251 g/mol. The molecule has 2 rings (SSSR count). The summed E-state index contributed by atoms with van der Waals surface area (Å²) in [5, 5.41) is 0.218. The Morgan fingerprint density at radius 1 is 1.44 bits per heavy atom. The number of ether oxygens (including phenoxy) is 1. The molecular formula is C15H20ClFO. The van der Waals surface area contributed by atoms with Crippen LogP contribution in [0.3, 0.4) is 0 Å². The van der Waals surface area contributed by atoms with Crippen molar-refractivity contribution in [2.24, 2.45) is 5.92 Å². The molecule has 1 aromatic rings. The zero-order valence-electron chi connectivity index (χ0n) is 11.0. The Kier molecular flexibility index (Phi) is 4.63. The lowest BCUT2D eigenvalue weighted by Gasteiger charge is -2.16. The van der Waals surface area contributed by atoms with Gasteiger partial charge in [-0.2, -0.15) is 0 Å². The molecule has 1 heterocycles. The predicted octanol–water partition coefficient (Wildman–Crippen LogP) is 4.40. The Bertz CT molecular complexity index is 411. The Labute approximate surface area is 113 Å². The quantitative estimate of drug-likeness (QED) is 0.788. The first-order valence-electron chi connectivity index (χ1n) is 6.65. The van der Waals surface area contributed by atoms with Crippen LogP contribution >= 0.6 is 11.6 Å². The first-order valence-corrected chi connectivity index (χ1v) is 7.03. The van der Waals surface area contributed by atoms with Crippen molar-refractivity contribution in [3.8, 4) is 0 Å². The molecule has 0 aromatic heterocycles. The SMILES string of the molecule is CC(C)Cc1ccc(Cl)c(F)c1CC1CCCO1. The first kappa shape index (κ1) is 13.8. The Balaban J connectivity index is 2.25. The summed E-state index contributed by atoms with van der Waals surface area (Å²) < 4.78 is 19.8. The molecule has 1 aliphatic rings. The molecule has 3 heteroatoms. The number of hydrogen-bond acceptors (Lipinski definition) is 1. The number of rotatable bonds is 4. The summed E-state index contributed by atoms with van der Waals surface area (Å²) in [5.41, 5.74) is 1.82. The van der Waals surface area contributed by atoms with Crippen molar-refractivity contribution in [2.75, 3.05) is 6.61 Å². The minimum Gasteiger partial charge on any atom is -0.378 e. The molecule has 1 atom stereocenters. The highest BCUT2D eigenvalue weighted by molar-refractivity contribution is 6.30. The first-order chi connectivity index (χ1) is 8.58. The number of halogens is 2. The molecule has 0 spiro atoms. The predicted molar refractivity (Wildman–Crippen MR) is 72.6 cm³/mol. The number of hydrogen-bond donors (Lipinski definition) is 0. The van der Waals surface area contributed by atoms with Gasteiger partial charge in [-0.3, -0.25) is 0 Å². The molecule has 0 bridgehead atoms. The molecule has 18 heavy (non-hydrogen) atoms. The van der Waals surface area contributed by atoms with E-state index in [0.29, 0.717) is 12.3 Å². The third-order valence-electron chi connectivity index (χ3n) is 3.38. The third kappa shape index (κ3) is 3.24. The smallest absolute Gasteiger partial charge is 0.145 e. The van der Waals surface area contributed by atoms with Crippen molar-refractivity contribution in [3.05, 3.63) is 34.1 Å². The summed E-state index contributed by atoms with van der Waals surface area (Å²) in [6.07, 6.45) is 3.79.